The average Bonchev–Trinajstić information content (AvgIpc) is 2.38. The second-order valence-electron chi connectivity index (χ2n) is 3.80. The smallest absolute Gasteiger partial charge is 0.338 e. The number of anilines is 1. The number of carbonyl (C=O) groups is 1. The maximum Gasteiger partial charge on any atom is 0.338 e. The quantitative estimate of drug-likeness (QED) is 0.653. The van der Waals surface area contributed by atoms with Gasteiger partial charge >= 0.3 is 5.97 Å². The predicted molar refractivity (Wildman–Crippen MR) is 67.6 cm³/mol. The van der Waals surface area contributed by atoms with Gasteiger partial charge in [-0.15, -0.1) is 0 Å². The van der Waals surface area contributed by atoms with E-state index >= 15 is 0 Å². The second kappa shape index (κ2) is 4.87. The average molecular weight is 245 g/mol. The monoisotopic (exact) mass is 245 g/mol. The molecule has 0 bridgehead atoms. The van der Waals surface area contributed by atoms with Gasteiger partial charge in [-0.3, -0.25) is 0 Å². The van der Waals surface area contributed by atoms with E-state index in [4.69, 9.17) is 10.5 Å². The Morgan fingerprint density at radius 2 is 1.83 bits per heavy atom. The predicted octanol–water partition coefficient (Wildman–Crippen LogP) is 2.86. The van der Waals surface area contributed by atoms with Crippen molar-refractivity contribution in [2.75, 3.05) is 12.8 Å². The van der Waals surface area contributed by atoms with E-state index in [2.05, 4.69) is 0 Å². The highest BCUT2D eigenvalue weighted by Gasteiger charge is 2.13. The molecule has 0 radical (unpaired) electrons. The van der Waals surface area contributed by atoms with Crippen molar-refractivity contribution in [1.29, 1.82) is 0 Å². The summed E-state index contributed by atoms with van der Waals surface area (Å²) >= 11 is 0. The van der Waals surface area contributed by atoms with Crippen LogP contribution in [0.15, 0.2) is 42.5 Å². The second-order valence-corrected chi connectivity index (χ2v) is 3.80. The summed E-state index contributed by atoms with van der Waals surface area (Å²) in [7, 11) is 1.31. The van der Waals surface area contributed by atoms with Gasteiger partial charge in [0.2, 0.25) is 0 Å². The SMILES string of the molecule is COC(=O)c1ccc(N)cc1-c1ccc(F)cc1. The highest BCUT2D eigenvalue weighted by atomic mass is 19.1. The van der Waals surface area contributed by atoms with Gasteiger partial charge in [0.05, 0.1) is 12.7 Å². The summed E-state index contributed by atoms with van der Waals surface area (Å²) in [6.07, 6.45) is 0. The lowest BCUT2D eigenvalue weighted by Gasteiger charge is -2.09. The van der Waals surface area contributed by atoms with Crippen molar-refractivity contribution in [3.8, 4) is 11.1 Å². The molecule has 2 aromatic carbocycles. The first kappa shape index (κ1) is 12.1. The van der Waals surface area contributed by atoms with Crippen LogP contribution in [0, 0.1) is 5.82 Å². The molecule has 0 unspecified atom stereocenters. The number of esters is 1. The summed E-state index contributed by atoms with van der Waals surface area (Å²) in [5, 5.41) is 0. The minimum atomic E-state index is -0.450. The van der Waals surface area contributed by atoms with E-state index < -0.39 is 5.97 Å². The van der Waals surface area contributed by atoms with Crippen LogP contribution in [0.1, 0.15) is 10.4 Å². The van der Waals surface area contributed by atoms with Crippen molar-refractivity contribution < 1.29 is 13.9 Å². The van der Waals surface area contributed by atoms with Gasteiger partial charge in [0.25, 0.3) is 0 Å². The summed E-state index contributed by atoms with van der Waals surface area (Å²) < 4.78 is 17.6. The number of benzene rings is 2. The molecule has 92 valence electrons. The lowest BCUT2D eigenvalue weighted by molar-refractivity contribution is 0.0601. The number of carbonyl (C=O) groups excluding carboxylic acids is 1. The molecule has 0 amide bonds. The van der Waals surface area contributed by atoms with E-state index in [1.807, 2.05) is 0 Å². The molecule has 0 saturated carbocycles. The first-order chi connectivity index (χ1) is 8.61. The summed E-state index contributed by atoms with van der Waals surface area (Å²) in [6.45, 7) is 0. The molecule has 0 aliphatic carbocycles. The van der Waals surface area contributed by atoms with Crippen molar-refractivity contribution >= 4 is 11.7 Å². The van der Waals surface area contributed by atoms with E-state index in [-0.39, 0.29) is 5.82 Å². The zero-order chi connectivity index (χ0) is 13.1. The lowest BCUT2D eigenvalue weighted by atomic mass is 9.99. The molecule has 4 heteroatoms. The summed E-state index contributed by atoms with van der Waals surface area (Å²) in [5.41, 5.74) is 7.98. The number of nitrogens with two attached hydrogens (primary N) is 1. The molecule has 0 fully saturated rings. The van der Waals surface area contributed by atoms with E-state index in [1.165, 1.54) is 19.2 Å². The fraction of sp³-hybridized carbons (Fsp3) is 0.0714. The van der Waals surface area contributed by atoms with Crippen LogP contribution >= 0.6 is 0 Å². The molecule has 2 N–H and O–H groups in total. The summed E-state index contributed by atoms with van der Waals surface area (Å²) in [5.74, 6) is -0.781. The molecule has 0 aliphatic heterocycles. The van der Waals surface area contributed by atoms with Crippen LogP contribution in [0.2, 0.25) is 0 Å². The first-order valence-electron chi connectivity index (χ1n) is 5.35. The largest absolute Gasteiger partial charge is 0.465 e. The van der Waals surface area contributed by atoms with Gasteiger partial charge in [-0.2, -0.15) is 0 Å². The summed E-state index contributed by atoms with van der Waals surface area (Å²) in [6, 6.07) is 10.7. The van der Waals surface area contributed by atoms with Gasteiger partial charge in [-0.1, -0.05) is 12.1 Å². The van der Waals surface area contributed by atoms with Crippen LogP contribution in [-0.2, 0) is 4.74 Å². The third-order valence-corrected chi connectivity index (χ3v) is 2.60. The summed E-state index contributed by atoms with van der Waals surface area (Å²) in [4.78, 5) is 11.6. The van der Waals surface area contributed by atoms with E-state index in [1.54, 1.807) is 30.3 Å². The highest BCUT2D eigenvalue weighted by Crippen LogP contribution is 2.26. The molecule has 2 rings (SSSR count). The number of hydrogen-bond acceptors (Lipinski definition) is 3. The minimum Gasteiger partial charge on any atom is -0.465 e. The van der Waals surface area contributed by atoms with Gasteiger partial charge in [0.15, 0.2) is 0 Å². The molecule has 2 aromatic rings. The van der Waals surface area contributed by atoms with Crippen LogP contribution < -0.4 is 5.73 Å². The van der Waals surface area contributed by atoms with Crippen LogP contribution in [0.4, 0.5) is 10.1 Å². The van der Waals surface area contributed by atoms with Crippen LogP contribution in [0.3, 0.4) is 0 Å². The maximum atomic E-state index is 12.9. The van der Waals surface area contributed by atoms with Crippen molar-refractivity contribution in [2.45, 2.75) is 0 Å². The molecule has 0 aromatic heterocycles. The third-order valence-electron chi connectivity index (χ3n) is 2.60. The Balaban J connectivity index is 2.57. The van der Waals surface area contributed by atoms with Gasteiger partial charge < -0.3 is 10.5 Å². The topological polar surface area (TPSA) is 52.3 Å². The third kappa shape index (κ3) is 2.32. The molecule has 0 atom stereocenters. The number of rotatable bonds is 2. The number of halogens is 1. The number of methoxy groups -OCH3 is 1. The van der Waals surface area contributed by atoms with Crippen molar-refractivity contribution in [3.63, 3.8) is 0 Å². The van der Waals surface area contributed by atoms with Gasteiger partial charge in [-0.05, 0) is 41.5 Å². The molecule has 0 saturated heterocycles. The molecular weight excluding hydrogens is 233 g/mol. The Kier molecular flexibility index (Phi) is 3.28. The maximum absolute atomic E-state index is 12.9. The number of ether oxygens (including phenoxy) is 1. The molecule has 0 spiro atoms. The molecule has 0 aliphatic rings. The Hall–Kier alpha value is -2.36. The van der Waals surface area contributed by atoms with Crippen molar-refractivity contribution in [2.24, 2.45) is 0 Å². The van der Waals surface area contributed by atoms with Crippen LogP contribution in [0.5, 0.6) is 0 Å². The van der Waals surface area contributed by atoms with E-state index in [0.717, 1.165) is 0 Å². The first-order valence-corrected chi connectivity index (χ1v) is 5.35. The van der Waals surface area contributed by atoms with Gasteiger partial charge in [-0.25, -0.2) is 9.18 Å². The Bertz CT molecular complexity index is 579. The van der Waals surface area contributed by atoms with Gasteiger partial charge in [0.1, 0.15) is 5.82 Å². The molecule has 0 heterocycles. The highest BCUT2D eigenvalue weighted by molar-refractivity contribution is 5.98. The standard InChI is InChI=1S/C14H12FNO2/c1-18-14(17)12-7-6-11(16)8-13(12)9-2-4-10(15)5-3-9/h2-8H,16H2,1H3. The molecule has 18 heavy (non-hydrogen) atoms. The zero-order valence-electron chi connectivity index (χ0n) is 9.81. The van der Waals surface area contributed by atoms with Crippen molar-refractivity contribution in [1.82, 2.24) is 0 Å². The number of hydrogen-bond donors (Lipinski definition) is 1. The molecule has 3 nitrogen and oxygen atoms in total. The van der Waals surface area contributed by atoms with Gasteiger partial charge in [0, 0.05) is 5.69 Å². The Labute approximate surface area is 104 Å². The number of nitrogen functional groups attached to an aromatic ring is 1. The fourth-order valence-corrected chi connectivity index (χ4v) is 1.72. The van der Waals surface area contributed by atoms with E-state index in [9.17, 15) is 9.18 Å². The zero-order valence-corrected chi connectivity index (χ0v) is 9.81. The van der Waals surface area contributed by atoms with Crippen LogP contribution in [-0.4, -0.2) is 13.1 Å². The normalized spacial score (nSPS) is 10.1. The minimum absolute atomic E-state index is 0.331. The van der Waals surface area contributed by atoms with Crippen molar-refractivity contribution in [3.05, 3.63) is 53.8 Å². The van der Waals surface area contributed by atoms with E-state index in [0.29, 0.717) is 22.4 Å². The Morgan fingerprint density at radius 1 is 1.17 bits per heavy atom. The molecular formula is C14H12FNO2. The fourth-order valence-electron chi connectivity index (χ4n) is 1.72. The lowest BCUT2D eigenvalue weighted by Crippen LogP contribution is -2.04. The van der Waals surface area contributed by atoms with Crippen LogP contribution in [0.25, 0.3) is 11.1 Å². The Morgan fingerprint density at radius 3 is 2.44 bits per heavy atom.